The summed E-state index contributed by atoms with van der Waals surface area (Å²) in [4.78, 5) is 2.23. The van der Waals surface area contributed by atoms with Crippen LogP contribution in [0.15, 0.2) is 24.3 Å². The molecule has 15 heavy (non-hydrogen) atoms. The maximum absolute atomic E-state index is 9.67. The van der Waals surface area contributed by atoms with Crippen molar-refractivity contribution in [1.29, 1.82) is 0 Å². The number of likely N-dealkylation sites (N-methyl/N-ethyl adjacent to an activating group) is 1. The van der Waals surface area contributed by atoms with Gasteiger partial charge in [0, 0.05) is 18.8 Å². The molecule has 1 atom stereocenters. The van der Waals surface area contributed by atoms with Crippen molar-refractivity contribution < 1.29 is 5.11 Å². The lowest BCUT2D eigenvalue weighted by atomic mass is 10.1. The fourth-order valence-corrected chi connectivity index (χ4v) is 1.70. The zero-order valence-corrected chi connectivity index (χ0v) is 9.90. The largest absolute Gasteiger partial charge is 0.391 e. The molecule has 1 aromatic carbocycles. The zero-order valence-electron chi connectivity index (χ0n) is 9.90. The van der Waals surface area contributed by atoms with Crippen molar-refractivity contribution in [3.63, 3.8) is 0 Å². The van der Waals surface area contributed by atoms with Gasteiger partial charge >= 0.3 is 0 Å². The highest BCUT2D eigenvalue weighted by Crippen LogP contribution is 2.19. The van der Waals surface area contributed by atoms with Crippen molar-refractivity contribution in [3.8, 4) is 0 Å². The number of aryl methyl sites for hydroxylation is 1. The van der Waals surface area contributed by atoms with Crippen LogP contribution in [0.25, 0.3) is 0 Å². The number of rotatable bonds is 5. The summed E-state index contributed by atoms with van der Waals surface area (Å²) >= 11 is 0. The van der Waals surface area contributed by atoms with Crippen LogP contribution in [0, 0.1) is 6.92 Å². The van der Waals surface area contributed by atoms with Crippen LogP contribution >= 0.6 is 0 Å². The van der Waals surface area contributed by atoms with Crippen LogP contribution in [0.1, 0.15) is 25.8 Å². The fraction of sp³-hybridized carbons (Fsp3) is 0.538. The van der Waals surface area contributed by atoms with Gasteiger partial charge in [0.05, 0.1) is 6.10 Å². The van der Waals surface area contributed by atoms with E-state index in [0.717, 1.165) is 19.5 Å². The third kappa shape index (κ3) is 3.24. The molecular formula is C13H21NO. The van der Waals surface area contributed by atoms with E-state index in [1.807, 2.05) is 19.1 Å². The Morgan fingerprint density at radius 2 is 1.93 bits per heavy atom. The molecule has 0 radical (unpaired) electrons. The number of para-hydroxylation sites is 1. The normalized spacial score (nSPS) is 12.5. The molecule has 0 unspecified atom stereocenters. The number of anilines is 1. The van der Waals surface area contributed by atoms with Crippen molar-refractivity contribution in [2.45, 2.75) is 33.3 Å². The number of nitrogens with zero attached hydrogens (tertiary/aromatic N) is 1. The SMILES string of the molecule is CC[C@@H](O)CN(CC)c1ccccc1C. The van der Waals surface area contributed by atoms with Gasteiger partial charge in [-0.1, -0.05) is 25.1 Å². The third-order valence-electron chi connectivity index (χ3n) is 2.74. The van der Waals surface area contributed by atoms with Gasteiger partial charge in [-0.05, 0) is 31.9 Å². The van der Waals surface area contributed by atoms with E-state index in [2.05, 4.69) is 30.9 Å². The minimum Gasteiger partial charge on any atom is -0.391 e. The first-order chi connectivity index (χ1) is 7.19. The molecule has 0 spiro atoms. The maximum atomic E-state index is 9.67. The first-order valence-corrected chi connectivity index (χ1v) is 5.67. The van der Waals surface area contributed by atoms with Crippen molar-refractivity contribution in [1.82, 2.24) is 0 Å². The summed E-state index contributed by atoms with van der Waals surface area (Å²) in [5.74, 6) is 0. The van der Waals surface area contributed by atoms with E-state index in [0.29, 0.717) is 0 Å². The molecule has 1 rings (SSSR count). The van der Waals surface area contributed by atoms with E-state index in [1.54, 1.807) is 0 Å². The Morgan fingerprint density at radius 1 is 1.27 bits per heavy atom. The van der Waals surface area contributed by atoms with Crippen LogP contribution in [0.5, 0.6) is 0 Å². The molecule has 0 heterocycles. The number of aliphatic hydroxyl groups is 1. The number of aliphatic hydroxyl groups excluding tert-OH is 1. The van der Waals surface area contributed by atoms with Crippen molar-refractivity contribution >= 4 is 5.69 Å². The second kappa shape index (κ2) is 5.76. The van der Waals surface area contributed by atoms with Crippen LogP contribution < -0.4 is 4.90 Å². The van der Waals surface area contributed by atoms with Gasteiger partial charge in [0.1, 0.15) is 0 Å². The highest BCUT2D eigenvalue weighted by molar-refractivity contribution is 5.52. The van der Waals surface area contributed by atoms with Gasteiger partial charge in [0.2, 0.25) is 0 Å². The summed E-state index contributed by atoms with van der Waals surface area (Å²) in [6, 6.07) is 8.31. The Balaban J connectivity index is 2.78. The first kappa shape index (κ1) is 12.1. The van der Waals surface area contributed by atoms with E-state index in [9.17, 15) is 5.11 Å². The van der Waals surface area contributed by atoms with Crippen LogP contribution in [-0.4, -0.2) is 24.3 Å². The highest BCUT2D eigenvalue weighted by atomic mass is 16.3. The summed E-state index contributed by atoms with van der Waals surface area (Å²) in [6.07, 6.45) is 0.576. The molecule has 0 saturated heterocycles. The molecule has 0 saturated carbocycles. The second-order valence-corrected chi connectivity index (χ2v) is 3.89. The van der Waals surface area contributed by atoms with Crippen LogP contribution in [0.3, 0.4) is 0 Å². The smallest absolute Gasteiger partial charge is 0.0712 e. The predicted octanol–water partition coefficient (Wildman–Crippen LogP) is 2.59. The molecule has 0 aliphatic heterocycles. The monoisotopic (exact) mass is 207 g/mol. The highest BCUT2D eigenvalue weighted by Gasteiger charge is 2.10. The van der Waals surface area contributed by atoms with Gasteiger partial charge in [-0.2, -0.15) is 0 Å². The average Bonchev–Trinajstić information content (AvgIpc) is 2.26. The lowest BCUT2D eigenvalue weighted by Crippen LogP contribution is -2.32. The van der Waals surface area contributed by atoms with Crippen molar-refractivity contribution in [2.24, 2.45) is 0 Å². The maximum Gasteiger partial charge on any atom is 0.0712 e. The van der Waals surface area contributed by atoms with Crippen LogP contribution in [-0.2, 0) is 0 Å². The summed E-state index contributed by atoms with van der Waals surface area (Å²) in [5.41, 5.74) is 2.50. The lowest BCUT2D eigenvalue weighted by molar-refractivity contribution is 0.176. The van der Waals surface area contributed by atoms with Crippen LogP contribution in [0.2, 0.25) is 0 Å². The fourth-order valence-electron chi connectivity index (χ4n) is 1.70. The van der Waals surface area contributed by atoms with Gasteiger partial charge in [-0.25, -0.2) is 0 Å². The topological polar surface area (TPSA) is 23.5 Å². The summed E-state index contributed by atoms with van der Waals surface area (Å²) in [6.45, 7) is 7.89. The Labute approximate surface area is 92.5 Å². The summed E-state index contributed by atoms with van der Waals surface area (Å²) < 4.78 is 0. The third-order valence-corrected chi connectivity index (χ3v) is 2.74. The summed E-state index contributed by atoms with van der Waals surface area (Å²) in [7, 11) is 0. The van der Waals surface area contributed by atoms with E-state index >= 15 is 0 Å². The summed E-state index contributed by atoms with van der Waals surface area (Å²) in [5, 5.41) is 9.67. The van der Waals surface area contributed by atoms with Crippen molar-refractivity contribution in [2.75, 3.05) is 18.0 Å². The van der Waals surface area contributed by atoms with Crippen molar-refractivity contribution in [3.05, 3.63) is 29.8 Å². The molecule has 0 fully saturated rings. The quantitative estimate of drug-likeness (QED) is 0.802. The molecule has 0 aliphatic carbocycles. The molecule has 0 aromatic heterocycles. The Kier molecular flexibility index (Phi) is 4.63. The second-order valence-electron chi connectivity index (χ2n) is 3.89. The molecule has 0 aliphatic rings. The van der Waals surface area contributed by atoms with E-state index in [1.165, 1.54) is 11.3 Å². The molecule has 2 nitrogen and oxygen atoms in total. The minimum absolute atomic E-state index is 0.232. The Bertz CT molecular complexity index is 298. The van der Waals surface area contributed by atoms with Gasteiger partial charge in [0.25, 0.3) is 0 Å². The lowest BCUT2D eigenvalue weighted by Gasteiger charge is -2.27. The van der Waals surface area contributed by atoms with Gasteiger partial charge in [-0.15, -0.1) is 0 Å². The van der Waals surface area contributed by atoms with E-state index in [4.69, 9.17) is 0 Å². The molecule has 1 N–H and O–H groups in total. The first-order valence-electron chi connectivity index (χ1n) is 5.67. The molecule has 0 bridgehead atoms. The number of benzene rings is 1. The van der Waals surface area contributed by atoms with E-state index in [-0.39, 0.29) is 6.10 Å². The number of hydrogen-bond acceptors (Lipinski definition) is 2. The Hall–Kier alpha value is -1.02. The Morgan fingerprint density at radius 3 is 2.47 bits per heavy atom. The van der Waals surface area contributed by atoms with Gasteiger partial charge in [0.15, 0.2) is 0 Å². The standard InChI is InChI=1S/C13H21NO/c1-4-12(15)10-14(5-2)13-9-7-6-8-11(13)3/h6-9,12,15H,4-5,10H2,1-3H3/t12-/m1/s1. The van der Waals surface area contributed by atoms with E-state index < -0.39 is 0 Å². The number of hydrogen-bond donors (Lipinski definition) is 1. The molecular weight excluding hydrogens is 186 g/mol. The van der Waals surface area contributed by atoms with Gasteiger partial charge < -0.3 is 10.0 Å². The minimum atomic E-state index is -0.232. The molecule has 2 heteroatoms. The zero-order chi connectivity index (χ0) is 11.3. The van der Waals surface area contributed by atoms with Gasteiger partial charge in [-0.3, -0.25) is 0 Å². The molecule has 0 amide bonds. The predicted molar refractivity (Wildman–Crippen MR) is 65.4 cm³/mol. The van der Waals surface area contributed by atoms with Crippen LogP contribution in [0.4, 0.5) is 5.69 Å². The molecule has 84 valence electrons. The molecule has 1 aromatic rings. The average molecular weight is 207 g/mol.